The van der Waals surface area contributed by atoms with Gasteiger partial charge >= 0.3 is 6.55 Å². The van der Waals surface area contributed by atoms with Gasteiger partial charge in [0, 0.05) is 26.2 Å². The number of hydrogen-bond donors (Lipinski definition) is 0. The number of rotatable bonds is 5. The van der Waals surface area contributed by atoms with Crippen LogP contribution in [0.15, 0.2) is 54.6 Å². The van der Waals surface area contributed by atoms with Gasteiger partial charge in [-0.15, -0.1) is 0 Å². The molecule has 1 aliphatic rings. The molecule has 28 heavy (non-hydrogen) atoms. The number of alkyl halides is 2. The first-order chi connectivity index (χ1) is 13.6. The quantitative estimate of drug-likeness (QED) is 0.637. The summed E-state index contributed by atoms with van der Waals surface area (Å²) in [5.74, 6) is 0.452. The lowest BCUT2D eigenvalue weighted by Gasteiger charge is -2.28. The molecule has 1 aromatic heterocycles. The summed E-state index contributed by atoms with van der Waals surface area (Å²) >= 11 is 0. The molecule has 6 heteroatoms. The molecule has 2 aromatic carbocycles. The predicted molar refractivity (Wildman–Crippen MR) is 107 cm³/mol. The van der Waals surface area contributed by atoms with Gasteiger partial charge < -0.3 is 0 Å². The number of para-hydroxylation sites is 2. The van der Waals surface area contributed by atoms with Crippen LogP contribution in [0.5, 0.6) is 0 Å². The van der Waals surface area contributed by atoms with E-state index in [1.165, 1.54) is 5.56 Å². The van der Waals surface area contributed by atoms with Gasteiger partial charge in [0.1, 0.15) is 5.82 Å². The Balaban J connectivity index is 1.50. The lowest BCUT2D eigenvalue weighted by Crippen LogP contribution is -2.33. The molecule has 148 valence electrons. The van der Waals surface area contributed by atoms with Crippen molar-refractivity contribution in [3.8, 4) is 0 Å². The maximum Gasteiger partial charge on any atom is 0.320 e. The molecule has 0 amide bonds. The first kappa shape index (κ1) is 19.0. The second kappa shape index (κ2) is 8.37. The SMILES string of the molecule is CC(c1nc2ccccc2n1C(F)F)N1CCCN(Cc2ccccc2)CC1. The maximum absolute atomic E-state index is 13.8. The minimum absolute atomic E-state index is 0.155. The molecule has 1 atom stereocenters. The highest BCUT2D eigenvalue weighted by molar-refractivity contribution is 5.76. The molecule has 0 spiro atoms. The van der Waals surface area contributed by atoms with Crippen molar-refractivity contribution in [2.45, 2.75) is 32.5 Å². The highest BCUT2D eigenvalue weighted by Gasteiger charge is 2.27. The van der Waals surface area contributed by atoms with Crippen molar-refractivity contribution in [3.63, 3.8) is 0 Å². The minimum Gasteiger partial charge on any atom is -0.298 e. The zero-order valence-corrected chi connectivity index (χ0v) is 16.1. The van der Waals surface area contributed by atoms with Crippen molar-refractivity contribution in [1.29, 1.82) is 0 Å². The van der Waals surface area contributed by atoms with E-state index in [-0.39, 0.29) is 6.04 Å². The second-order valence-corrected chi connectivity index (χ2v) is 7.43. The molecule has 3 aromatic rings. The predicted octanol–water partition coefficient (Wildman–Crippen LogP) is 4.70. The van der Waals surface area contributed by atoms with E-state index in [4.69, 9.17) is 0 Å². The molecule has 0 radical (unpaired) electrons. The number of imidazole rings is 1. The summed E-state index contributed by atoms with van der Waals surface area (Å²) in [6, 6.07) is 17.4. The fourth-order valence-electron chi connectivity index (χ4n) is 4.10. The second-order valence-electron chi connectivity index (χ2n) is 7.43. The molecular formula is C22H26F2N4. The number of hydrogen-bond acceptors (Lipinski definition) is 3. The van der Waals surface area contributed by atoms with E-state index >= 15 is 0 Å². The Hall–Kier alpha value is -2.31. The number of aromatic nitrogens is 2. The molecule has 0 bridgehead atoms. The van der Waals surface area contributed by atoms with Crippen LogP contribution in [0.3, 0.4) is 0 Å². The summed E-state index contributed by atoms with van der Waals surface area (Å²) in [6.07, 6.45) is 1.02. The van der Waals surface area contributed by atoms with Gasteiger partial charge in [-0.3, -0.25) is 14.4 Å². The third-order valence-corrected chi connectivity index (χ3v) is 5.61. The zero-order valence-electron chi connectivity index (χ0n) is 16.1. The molecule has 0 aliphatic carbocycles. The summed E-state index contributed by atoms with van der Waals surface area (Å²) in [5, 5.41) is 0. The lowest BCUT2D eigenvalue weighted by molar-refractivity contribution is 0.0647. The van der Waals surface area contributed by atoms with E-state index in [9.17, 15) is 8.78 Å². The van der Waals surface area contributed by atoms with E-state index < -0.39 is 6.55 Å². The first-order valence-corrected chi connectivity index (χ1v) is 9.89. The molecule has 0 saturated carbocycles. The molecule has 2 heterocycles. The smallest absolute Gasteiger partial charge is 0.298 e. The Morgan fingerprint density at radius 1 is 0.929 bits per heavy atom. The van der Waals surface area contributed by atoms with Gasteiger partial charge in [-0.1, -0.05) is 42.5 Å². The van der Waals surface area contributed by atoms with Crippen LogP contribution in [-0.2, 0) is 6.54 Å². The average molecular weight is 384 g/mol. The number of nitrogens with zero attached hydrogens (tertiary/aromatic N) is 4. The van der Waals surface area contributed by atoms with Crippen molar-refractivity contribution in [2.24, 2.45) is 0 Å². The van der Waals surface area contributed by atoms with Gasteiger partial charge in [-0.05, 0) is 37.6 Å². The van der Waals surface area contributed by atoms with Crippen LogP contribution in [0, 0.1) is 0 Å². The van der Waals surface area contributed by atoms with Crippen LogP contribution in [-0.4, -0.2) is 45.5 Å². The van der Waals surface area contributed by atoms with Crippen LogP contribution >= 0.6 is 0 Å². The summed E-state index contributed by atoms with van der Waals surface area (Å²) in [7, 11) is 0. The highest BCUT2D eigenvalue weighted by Crippen LogP contribution is 2.29. The topological polar surface area (TPSA) is 24.3 Å². The van der Waals surface area contributed by atoms with E-state index in [2.05, 4.69) is 39.0 Å². The Labute approximate surface area is 164 Å². The zero-order chi connectivity index (χ0) is 19.5. The summed E-state index contributed by atoms with van der Waals surface area (Å²) in [6.45, 7) is 4.01. The van der Waals surface area contributed by atoms with Crippen LogP contribution in [0.1, 0.15) is 37.3 Å². The Bertz CT molecular complexity index is 909. The van der Waals surface area contributed by atoms with Gasteiger partial charge in [-0.2, -0.15) is 8.78 Å². The van der Waals surface area contributed by atoms with Crippen molar-refractivity contribution in [3.05, 3.63) is 66.0 Å². The van der Waals surface area contributed by atoms with Crippen LogP contribution < -0.4 is 0 Å². The number of benzene rings is 2. The number of halogens is 2. The first-order valence-electron chi connectivity index (χ1n) is 9.89. The van der Waals surface area contributed by atoms with E-state index in [1.54, 1.807) is 18.2 Å². The molecule has 1 saturated heterocycles. The van der Waals surface area contributed by atoms with Gasteiger partial charge in [-0.25, -0.2) is 4.98 Å². The molecule has 4 rings (SSSR count). The fraction of sp³-hybridized carbons (Fsp3) is 0.409. The highest BCUT2D eigenvalue weighted by atomic mass is 19.3. The average Bonchev–Trinajstić information content (AvgIpc) is 2.95. The van der Waals surface area contributed by atoms with Crippen molar-refractivity contribution >= 4 is 11.0 Å². The van der Waals surface area contributed by atoms with Crippen molar-refractivity contribution in [1.82, 2.24) is 19.4 Å². The maximum atomic E-state index is 13.8. The molecular weight excluding hydrogens is 358 g/mol. The Kier molecular flexibility index (Phi) is 5.69. The minimum atomic E-state index is -2.59. The van der Waals surface area contributed by atoms with E-state index in [1.807, 2.05) is 19.1 Å². The summed E-state index contributed by atoms with van der Waals surface area (Å²) in [4.78, 5) is 9.28. The monoisotopic (exact) mass is 384 g/mol. The van der Waals surface area contributed by atoms with E-state index in [0.29, 0.717) is 16.9 Å². The molecule has 1 aliphatic heterocycles. The van der Waals surface area contributed by atoms with Gasteiger partial charge in [0.15, 0.2) is 0 Å². The van der Waals surface area contributed by atoms with Crippen LogP contribution in [0.2, 0.25) is 0 Å². The molecule has 4 nitrogen and oxygen atoms in total. The Morgan fingerprint density at radius 2 is 1.68 bits per heavy atom. The van der Waals surface area contributed by atoms with Gasteiger partial charge in [0.05, 0.1) is 17.1 Å². The van der Waals surface area contributed by atoms with Crippen molar-refractivity contribution in [2.75, 3.05) is 26.2 Å². The third kappa shape index (κ3) is 3.93. The van der Waals surface area contributed by atoms with Crippen LogP contribution in [0.4, 0.5) is 8.78 Å². The largest absolute Gasteiger partial charge is 0.320 e. The normalized spacial score (nSPS) is 17.9. The summed E-state index contributed by atoms with van der Waals surface area (Å²) < 4.78 is 28.7. The summed E-state index contributed by atoms with van der Waals surface area (Å²) in [5.41, 5.74) is 2.44. The molecule has 1 unspecified atom stereocenters. The van der Waals surface area contributed by atoms with E-state index in [0.717, 1.165) is 43.7 Å². The van der Waals surface area contributed by atoms with Gasteiger partial charge in [0.25, 0.3) is 0 Å². The number of fused-ring (bicyclic) bond motifs is 1. The molecule has 1 fully saturated rings. The lowest BCUT2D eigenvalue weighted by atomic mass is 10.2. The molecule has 0 N–H and O–H groups in total. The Morgan fingerprint density at radius 3 is 2.46 bits per heavy atom. The van der Waals surface area contributed by atoms with Crippen LogP contribution in [0.25, 0.3) is 11.0 Å². The standard InChI is InChI=1S/C22H26F2N4/c1-17(21-25-19-10-5-6-11-20(19)28(21)22(23)24)27-13-7-12-26(14-15-27)16-18-8-3-2-4-9-18/h2-6,8-11,17,22H,7,12-16H2,1H3. The third-order valence-electron chi connectivity index (χ3n) is 5.61. The van der Waals surface area contributed by atoms with Gasteiger partial charge in [0.2, 0.25) is 0 Å². The fourth-order valence-corrected chi connectivity index (χ4v) is 4.10. The van der Waals surface area contributed by atoms with Crippen molar-refractivity contribution < 1.29 is 8.78 Å².